The molecule has 0 aliphatic carbocycles. The van der Waals surface area contributed by atoms with Gasteiger partial charge in [-0.15, -0.1) is 0 Å². The maximum absolute atomic E-state index is 14.7. The Balaban J connectivity index is 1.38. The third-order valence-electron chi connectivity index (χ3n) is 5.83. The summed E-state index contributed by atoms with van der Waals surface area (Å²) in [5.74, 6) is -0.230. The first-order valence-electron chi connectivity index (χ1n) is 11.1. The van der Waals surface area contributed by atoms with Crippen molar-refractivity contribution < 1.29 is 19.2 Å². The van der Waals surface area contributed by atoms with E-state index in [1.54, 1.807) is 24.7 Å². The van der Waals surface area contributed by atoms with Crippen molar-refractivity contribution in [3.8, 4) is 5.75 Å². The largest absolute Gasteiger partial charge is 0.494 e. The summed E-state index contributed by atoms with van der Waals surface area (Å²) in [6.45, 7) is 2.23. The molecule has 0 bridgehead atoms. The van der Waals surface area contributed by atoms with Gasteiger partial charge in [0.05, 0.1) is 32.1 Å². The van der Waals surface area contributed by atoms with Gasteiger partial charge in [-0.3, -0.25) is 9.48 Å². The third kappa shape index (κ3) is 5.46. The number of ether oxygens (including phenoxy) is 1. The molecule has 0 unspecified atom stereocenters. The van der Waals surface area contributed by atoms with Gasteiger partial charge in [0.1, 0.15) is 6.04 Å². The maximum Gasteiger partial charge on any atom is 0.251 e. The number of hydrogen-bond acceptors (Lipinski definition) is 6. The molecule has 4 rings (SSSR count). The van der Waals surface area contributed by atoms with Crippen LogP contribution < -0.4 is 20.7 Å². The molecule has 9 nitrogen and oxygen atoms in total. The summed E-state index contributed by atoms with van der Waals surface area (Å²) in [7, 11) is 2.91. The van der Waals surface area contributed by atoms with E-state index in [2.05, 4.69) is 31.0 Å². The molecular weight excluding hydrogens is 425 g/mol. The van der Waals surface area contributed by atoms with Gasteiger partial charge in [0.2, 0.25) is 5.95 Å². The predicted molar refractivity (Wildman–Crippen MR) is 121 cm³/mol. The van der Waals surface area contributed by atoms with E-state index in [1.807, 2.05) is 10.9 Å². The minimum absolute atomic E-state index is 0.0496. The second-order valence-electron chi connectivity index (χ2n) is 8.09. The molecular formula is C23H29FN7O2+. The summed E-state index contributed by atoms with van der Waals surface area (Å²) in [5.41, 5.74) is 2.46. The Morgan fingerprint density at radius 2 is 2.09 bits per heavy atom. The number of benzene rings is 1. The number of nitrogens with one attached hydrogen (secondary N) is 2. The molecule has 0 radical (unpaired) electrons. The normalized spacial score (nSPS) is 15.8. The summed E-state index contributed by atoms with van der Waals surface area (Å²) < 4.78 is 21.7. The summed E-state index contributed by atoms with van der Waals surface area (Å²) in [6, 6.07) is 3.36. The number of aryl methyl sites for hydroxylation is 2. The van der Waals surface area contributed by atoms with Gasteiger partial charge in [-0.1, -0.05) is 0 Å². The number of aromatic nitrogens is 4. The SMILES string of the molecule is CNC(=O)c1cc(CCc2cnc(Nc3cnn([C@@H]4CCC[NH2+]C4)c3)nc2)c(F)c(OC)c1. The lowest BCUT2D eigenvalue weighted by atomic mass is 10.0. The number of rotatable bonds is 8. The van der Waals surface area contributed by atoms with E-state index in [4.69, 9.17) is 4.74 Å². The van der Waals surface area contributed by atoms with Crippen molar-refractivity contribution in [1.29, 1.82) is 0 Å². The number of nitrogens with two attached hydrogens (primary N) is 1. The molecule has 10 heteroatoms. The van der Waals surface area contributed by atoms with Crippen LogP contribution in [0.5, 0.6) is 5.75 Å². The van der Waals surface area contributed by atoms with E-state index >= 15 is 0 Å². The fraction of sp³-hybridized carbons (Fsp3) is 0.391. The number of methoxy groups -OCH3 is 1. The van der Waals surface area contributed by atoms with Crippen molar-refractivity contribution in [1.82, 2.24) is 25.1 Å². The Kier molecular flexibility index (Phi) is 7.13. The van der Waals surface area contributed by atoms with Crippen molar-refractivity contribution in [3.63, 3.8) is 0 Å². The van der Waals surface area contributed by atoms with E-state index < -0.39 is 5.82 Å². The summed E-state index contributed by atoms with van der Waals surface area (Å²) in [4.78, 5) is 20.7. The summed E-state index contributed by atoms with van der Waals surface area (Å²) in [5, 5.41) is 12.5. The molecule has 1 amide bonds. The Morgan fingerprint density at radius 1 is 1.27 bits per heavy atom. The number of anilines is 2. The monoisotopic (exact) mass is 454 g/mol. The van der Waals surface area contributed by atoms with Crippen LogP contribution in [-0.2, 0) is 12.8 Å². The van der Waals surface area contributed by atoms with Crippen molar-refractivity contribution in [2.24, 2.45) is 0 Å². The molecule has 1 atom stereocenters. The highest BCUT2D eigenvalue weighted by atomic mass is 19.1. The molecule has 1 saturated heterocycles. The first kappa shape index (κ1) is 22.7. The first-order chi connectivity index (χ1) is 16.1. The number of nitrogens with zero attached hydrogens (tertiary/aromatic N) is 4. The molecule has 2 aromatic heterocycles. The zero-order chi connectivity index (χ0) is 23.2. The van der Waals surface area contributed by atoms with Gasteiger partial charge in [-0.2, -0.15) is 5.10 Å². The number of carbonyl (C=O) groups is 1. The van der Waals surface area contributed by atoms with Crippen LogP contribution in [0.3, 0.4) is 0 Å². The Hall–Kier alpha value is -3.53. The lowest BCUT2D eigenvalue weighted by Crippen LogP contribution is -2.87. The fourth-order valence-electron chi connectivity index (χ4n) is 3.99. The van der Waals surface area contributed by atoms with Crippen LogP contribution >= 0.6 is 0 Å². The highest BCUT2D eigenvalue weighted by molar-refractivity contribution is 5.94. The Morgan fingerprint density at radius 3 is 2.79 bits per heavy atom. The third-order valence-corrected chi connectivity index (χ3v) is 5.83. The number of carbonyl (C=O) groups excluding carboxylic acids is 1. The Bertz CT molecular complexity index is 1090. The van der Waals surface area contributed by atoms with Crippen LogP contribution in [0.25, 0.3) is 0 Å². The van der Waals surface area contributed by atoms with Gasteiger partial charge in [-0.25, -0.2) is 14.4 Å². The molecule has 1 aromatic carbocycles. The molecule has 0 spiro atoms. The smallest absolute Gasteiger partial charge is 0.251 e. The summed E-state index contributed by atoms with van der Waals surface area (Å²) in [6.07, 6.45) is 10.4. The van der Waals surface area contributed by atoms with Crippen molar-refractivity contribution in [2.75, 3.05) is 32.6 Å². The number of quaternary nitrogens is 1. The minimum Gasteiger partial charge on any atom is -0.494 e. The van der Waals surface area contributed by atoms with Crippen LogP contribution in [0.15, 0.2) is 36.9 Å². The molecule has 0 saturated carbocycles. The molecule has 3 aromatic rings. The molecule has 3 heterocycles. The quantitative estimate of drug-likeness (QED) is 0.477. The predicted octanol–water partition coefficient (Wildman–Crippen LogP) is 1.61. The standard InChI is InChI=1S/C23H28FN7O2/c1-25-22(32)17-8-16(21(24)20(9-17)33-2)6-5-15-10-27-23(28-11-15)30-18-12-29-31(14-18)19-4-3-7-26-13-19/h8-12,14,19,26H,3-7,13H2,1-2H3,(H,25,32)(H,27,28,30)/p+1/t19-/m1/s1. The van der Waals surface area contributed by atoms with Gasteiger partial charge >= 0.3 is 0 Å². The average molecular weight is 455 g/mol. The average Bonchev–Trinajstić information content (AvgIpc) is 3.33. The maximum atomic E-state index is 14.7. The van der Waals surface area contributed by atoms with E-state index in [-0.39, 0.29) is 11.7 Å². The number of halogens is 1. The molecule has 33 heavy (non-hydrogen) atoms. The van der Waals surface area contributed by atoms with Gasteiger partial charge in [-0.05, 0) is 48.9 Å². The van der Waals surface area contributed by atoms with E-state index in [0.717, 1.165) is 24.2 Å². The minimum atomic E-state index is -0.461. The van der Waals surface area contributed by atoms with Crippen LogP contribution in [-0.4, -0.2) is 52.9 Å². The topological polar surface area (TPSA) is 111 Å². The number of hydrogen-bond donors (Lipinski definition) is 3. The van der Waals surface area contributed by atoms with Gasteiger partial charge in [0.15, 0.2) is 11.6 Å². The lowest BCUT2D eigenvalue weighted by Gasteiger charge is -2.20. The highest BCUT2D eigenvalue weighted by Gasteiger charge is 2.19. The van der Waals surface area contributed by atoms with Crippen LogP contribution in [0, 0.1) is 5.82 Å². The summed E-state index contributed by atoms with van der Waals surface area (Å²) >= 11 is 0. The van der Waals surface area contributed by atoms with Crippen LogP contribution in [0.4, 0.5) is 16.0 Å². The second-order valence-corrected chi connectivity index (χ2v) is 8.09. The molecule has 1 aliphatic rings. The zero-order valence-electron chi connectivity index (χ0n) is 18.8. The van der Waals surface area contributed by atoms with E-state index in [1.165, 1.54) is 33.2 Å². The number of amides is 1. The zero-order valence-corrected chi connectivity index (χ0v) is 18.8. The Labute approximate surface area is 191 Å². The van der Waals surface area contributed by atoms with Crippen molar-refractivity contribution >= 4 is 17.5 Å². The molecule has 4 N–H and O–H groups in total. The van der Waals surface area contributed by atoms with Crippen molar-refractivity contribution in [3.05, 3.63) is 59.4 Å². The first-order valence-corrected chi connectivity index (χ1v) is 11.1. The van der Waals surface area contributed by atoms with Gasteiger partial charge in [0.25, 0.3) is 5.91 Å². The molecule has 1 aliphatic heterocycles. The van der Waals surface area contributed by atoms with Gasteiger partial charge in [0, 0.05) is 31.2 Å². The van der Waals surface area contributed by atoms with Crippen molar-refractivity contribution in [2.45, 2.75) is 31.7 Å². The lowest BCUT2D eigenvalue weighted by molar-refractivity contribution is -0.667. The van der Waals surface area contributed by atoms with Crippen LogP contribution in [0.2, 0.25) is 0 Å². The van der Waals surface area contributed by atoms with E-state index in [9.17, 15) is 9.18 Å². The second kappa shape index (κ2) is 10.4. The van der Waals surface area contributed by atoms with Gasteiger partial charge < -0.3 is 20.7 Å². The molecule has 1 fully saturated rings. The molecule has 174 valence electrons. The van der Waals surface area contributed by atoms with E-state index in [0.29, 0.717) is 36.0 Å². The fourth-order valence-corrected chi connectivity index (χ4v) is 3.99. The highest BCUT2D eigenvalue weighted by Crippen LogP contribution is 2.24. The number of piperidine rings is 1. The van der Waals surface area contributed by atoms with Crippen LogP contribution in [0.1, 0.15) is 40.4 Å².